The van der Waals surface area contributed by atoms with Crippen LogP contribution in [-0.4, -0.2) is 27.1 Å². The maximum Gasteiger partial charge on any atom is 0.316 e. The SMILES string of the molecule is Cc1noc(C)c1-c1nc(N(C)Cc2ccccc2)nc(C)c1[N+](=O)[O-]. The van der Waals surface area contributed by atoms with Crippen molar-refractivity contribution < 1.29 is 9.45 Å². The van der Waals surface area contributed by atoms with Crippen LogP contribution in [0.2, 0.25) is 0 Å². The van der Waals surface area contributed by atoms with Gasteiger partial charge in [0.05, 0.1) is 16.2 Å². The van der Waals surface area contributed by atoms with Crippen LogP contribution in [0.15, 0.2) is 34.9 Å². The van der Waals surface area contributed by atoms with Gasteiger partial charge in [0, 0.05) is 13.6 Å². The number of aromatic nitrogens is 3. The number of nitro groups is 1. The number of rotatable bonds is 5. The van der Waals surface area contributed by atoms with Crippen molar-refractivity contribution in [3.8, 4) is 11.3 Å². The lowest BCUT2D eigenvalue weighted by Gasteiger charge is -2.18. The fraction of sp³-hybridized carbons (Fsp3) is 0.278. The van der Waals surface area contributed by atoms with E-state index in [1.165, 1.54) is 0 Å². The lowest BCUT2D eigenvalue weighted by Crippen LogP contribution is -2.20. The van der Waals surface area contributed by atoms with Crippen LogP contribution in [0.1, 0.15) is 22.7 Å². The van der Waals surface area contributed by atoms with Crippen LogP contribution in [0.3, 0.4) is 0 Å². The average Bonchev–Trinajstić information content (AvgIpc) is 2.93. The second-order valence-corrected chi connectivity index (χ2v) is 6.10. The predicted octanol–water partition coefficient (Wildman–Crippen LogP) is 3.60. The van der Waals surface area contributed by atoms with Gasteiger partial charge in [-0.3, -0.25) is 10.1 Å². The Morgan fingerprint density at radius 2 is 1.81 bits per heavy atom. The lowest BCUT2D eigenvalue weighted by atomic mass is 10.1. The van der Waals surface area contributed by atoms with Crippen molar-refractivity contribution in [2.24, 2.45) is 0 Å². The summed E-state index contributed by atoms with van der Waals surface area (Å²) in [7, 11) is 1.85. The zero-order chi connectivity index (χ0) is 18.8. The van der Waals surface area contributed by atoms with Crippen molar-refractivity contribution in [2.45, 2.75) is 27.3 Å². The maximum absolute atomic E-state index is 11.6. The van der Waals surface area contributed by atoms with Crippen LogP contribution >= 0.6 is 0 Å². The highest BCUT2D eigenvalue weighted by molar-refractivity contribution is 5.75. The molecule has 0 aliphatic heterocycles. The summed E-state index contributed by atoms with van der Waals surface area (Å²) >= 11 is 0. The summed E-state index contributed by atoms with van der Waals surface area (Å²) in [5.41, 5.74) is 2.59. The summed E-state index contributed by atoms with van der Waals surface area (Å²) in [5, 5.41) is 15.5. The monoisotopic (exact) mass is 353 g/mol. The van der Waals surface area contributed by atoms with Crippen molar-refractivity contribution in [2.75, 3.05) is 11.9 Å². The van der Waals surface area contributed by atoms with Gasteiger partial charge in [0.2, 0.25) is 5.95 Å². The van der Waals surface area contributed by atoms with Crippen LogP contribution in [0.4, 0.5) is 11.6 Å². The van der Waals surface area contributed by atoms with Crippen molar-refractivity contribution in [3.63, 3.8) is 0 Å². The Morgan fingerprint density at radius 3 is 2.38 bits per heavy atom. The van der Waals surface area contributed by atoms with Crippen LogP contribution in [0.5, 0.6) is 0 Å². The molecule has 3 aromatic rings. The molecule has 2 heterocycles. The van der Waals surface area contributed by atoms with Gasteiger partial charge in [-0.2, -0.15) is 0 Å². The smallest absolute Gasteiger partial charge is 0.316 e. The Labute approximate surface area is 150 Å². The molecule has 26 heavy (non-hydrogen) atoms. The highest BCUT2D eigenvalue weighted by Crippen LogP contribution is 2.35. The number of hydrogen-bond donors (Lipinski definition) is 0. The molecular formula is C18H19N5O3. The minimum absolute atomic E-state index is 0.128. The summed E-state index contributed by atoms with van der Waals surface area (Å²) in [6.45, 7) is 5.64. The van der Waals surface area contributed by atoms with Gasteiger partial charge >= 0.3 is 5.69 Å². The molecule has 0 fully saturated rings. The first-order chi connectivity index (χ1) is 12.4. The molecule has 2 aromatic heterocycles. The Morgan fingerprint density at radius 1 is 1.12 bits per heavy atom. The average molecular weight is 353 g/mol. The van der Waals surface area contributed by atoms with E-state index in [9.17, 15) is 10.1 Å². The maximum atomic E-state index is 11.6. The summed E-state index contributed by atoms with van der Waals surface area (Å²) in [5.74, 6) is 0.896. The lowest BCUT2D eigenvalue weighted by molar-refractivity contribution is -0.385. The third kappa shape index (κ3) is 3.26. The van der Waals surface area contributed by atoms with Crippen LogP contribution < -0.4 is 4.90 Å². The first kappa shape index (κ1) is 17.5. The molecule has 134 valence electrons. The molecule has 8 heteroatoms. The Balaban J connectivity index is 2.10. The Bertz CT molecular complexity index is 933. The molecule has 0 amide bonds. The van der Waals surface area contributed by atoms with E-state index in [1.807, 2.05) is 42.3 Å². The Kier molecular flexibility index (Phi) is 4.66. The summed E-state index contributed by atoms with van der Waals surface area (Å²) in [4.78, 5) is 21.8. The third-order valence-corrected chi connectivity index (χ3v) is 4.10. The molecule has 0 aliphatic rings. The standard InChI is InChI=1S/C18H19N5O3/c1-11-15(13(3)26-21-11)16-17(23(24)25)12(2)19-18(20-16)22(4)10-14-8-6-5-7-9-14/h5-9H,10H2,1-4H3. The van der Waals surface area contributed by atoms with E-state index < -0.39 is 4.92 Å². The normalized spacial score (nSPS) is 10.8. The van der Waals surface area contributed by atoms with Crippen molar-refractivity contribution in [1.82, 2.24) is 15.1 Å². The molecule has 0 radical (unpaired) electrons. The first-order valence-corrected chi connectivity index (χ1v) is 8.09. The highest BCUT2D eigenvalue weighted by Gasteiger charge is 2.28. The zero-order valence-electron chi connectivity index (χ0n) is 15.1. The molecule has 0 saturated carbocycles. The van der Waals surface area contributed by atoms with Crippen LogP contribution in [-0.2, 0) is 6.54 Å². The molecule has 3 rings (SSSR count). The number of aryl methyl sites for hydroxylation is 3. The number of hydrogen-bond acceptors (Lipinski definition) is 7. The fourth-order valence-electron chi connectivity index (χ4n) is 2.86. The van der Waals surface area contributed by atoms with E-state index in [0.717, 1.165) is 5.56 Å². The molecule has 0 spiro atoms. The van der Waals surface area contributed by atoms with Gasteiger partial charge in [-0.1, -0.05) is 35.5 Å². The molecule has 0 bridgehead atoms. The topological polar surface area (TPSA) is 98.2 Å². The van der Waals surface area contributed by atoms with E-state index in [1.54, 1.807) is 20.8 Å². The van der Waals surface area contributed by atoms with Gasteiger partial charge in [0.25, 0.3) is 0 Å². The van der Waals surface area contributed by atoms with Crippen molar-refractivity contribution >= 4 is 11.6 Å². The fourth-order valence-corrected chi connectivity index (χ4v) is 2.86. The van der Waals surface area contributed by atoms with Gasteiger partial charge in [0.1, 0.15) is 11.5 Å². The van der Waals surface area contributed by atoms with E-state index in [4.69, 9.17) is 4.52 Å². The van der Waals surface area contributed by atoms with Gasteiger partial charge in [-0.25, -0.2) is 9.97 Å². The molecular weight excluding hydrogens is 334 g/mol. The summed E-state index contributed by atoms with van der Waals surface area (Å²) in [6.07, 6.45) is 0. The Hall–Kier alpha value is -3.29. The molecule has 0 aliphatic carbocycles. The van der Waals surface area contributed by atoms with E-state index in [2.05, 4.69) is 15.1 Å². The number of anilines is 1. The quantitative estimate of drug-likeness (QED) is 0.510. The summed E-state index contributed by atoms with van der Waals surface area (Å²) < 4.78 is 5.17. The van der Waals surface area contributed by atoms with Gasteiger partial charge < -0.3 is 9.42 Å². The molecule has 0 saturated heterocycles. The largest absolute Gasteiger partial charge is 0.361 e. The van der Waals surface area contributed by atoms with Crippen LogP contribution in [0.25, 0.3) is 11.3 Å². The highest BCUT2D eigenvalue weighted by atomic mass is 16.6. The molecule has 0 unspecified atom stereocenters. The van der Waals surface area contributed by atoms with Gasteiger partial charge in [-0.05, 0) is 26.3 Å². The molecule has 1 aromatic carbocycles. The first-order valence-electron chi connectivity index (χ1n) is 8.09. The minimum Gasteiger partial charge on any atom is -0.361 e. The predicted molar refractivity (Wildman–Crippen MR) is 96.9 cm³/mol. The number of nitrogens with zero attached hydrogens (tertiary/aromatic N) is 5. The molecule has 8 nitrogen and oxygen atoms in total. The van der Waals surface area contributed by atoms with E-state index >= 15 is 0 Å². The van der Waals surface area contributed by atoms with E-state index in [0.29, 0.717) is 35.2 Å². The van der Waals surface area contributed by atoms with Crippen molar-refractivity contribution in [1.29, 1.82) is 0 Å². The second-order valence-electron chi connectivity index (χ2n) is 6.10. The van der Waals surface area contributed by atoms with Gasteiger partial charge in [-0.15, -0.1) is 0 Å². The molecule has 0 atom stereocenters. The third-order valence-electron chi connectivity index (χ3n) is 4.10. The van der Waals surface area contributed by atoms with E-state index in [-0.39, 0.29) is 11.4 Å². The molecule has 0 N–H and O–H groups in total. The van der Waals surface area contributed by atoms with Gasteiger partial charge in [0.15, 0.2) is 5.69 Å². The number of benzene rings is 1. The second kappa shape index (κ2) is 6.91. The minimum atomic E-state index is -0.461. The summed E-state index contributed by atoms with van der Waals surface area (Å²) in [6, 6.07) is 9.88. The van der Waals surface area contributed by atoms with Crippen LogP contribution in [0, 0.1) is 30.9 Å². The van der Waals surface area contributed by atoms with Crippen molar-refractivity contribution in [3.05, 3.63) is 63.2 Å². The zero-order valence-corrected chi connectivity index (χ0v) is 15.1.